The Morgan fingerprint density at radius 2 is 0.821 bits per heavy atom. The van der Waals surface area contributed by atoms with E-state index in [9.17, 15) is 30.0 Å². The highest BCUT2D eigenvalue weighted by Crippen LogP contribution is 2.41. The zero-order valence-electron chi connectivity index (χ0n) is 44.2. The molecular formula is C64H56Cl2N6O6. The second-order valence-electron chi connectivity index (χ2n) is 20.4. The number of hydrogen-bond donors (Lipinski definition) is 4. The van der Waals surface area contributed by atoms with Crippen LogP contribution in [0.2, 0.25) is 10.0 Å². The van der Waals surface area contributed by atoms with Gasteiger partial charge in [-0.05, 0) is 145 Å². The molecule has 0 amide bonds. The van der Waals surface area contributed by atoms with Crippen molar-refractivity contribution < 1.29 is 20.4 Å². The fourth-order valence-corrected chi connectivity index (χ4v) is 9.80. The summed E-state index contributed by atoms with van der Waals surface area (Å²) in [7, 11) is 7.12. The Morgan fingerprint density at radius 1 is 0.462 bits per heavy atom. The monoisotopic (exact) mass is 1070 g/mol. The molecule has 0 bridgehead atoms. The number of imidazole rings is 2. The SMILES string of the molecule is Cn1cncc1C(O)(c1ccc(Cl)cc1)c1ccc2c(c1)c(-c1cccc(C#CC(C)(C)O)c1)cc(=O)n2C.Cn1cncc1C(O)(c1ccc(Cl)cc1)c1ccc2c(c1)c(-c1cccc(C#CC(C)(C)O)c1)cc(=O)n2C. The molecule has 6 aromatic carbocycles. The molecule has 10 aromatic rings. The molecule has 2 atom stereocenters. The van der Waals surface area contributed by atoms with Gasteiger partial charge in [0.05, 0.1) is 47.5 Å². The van der Waals surface area contributed by atoms with Crippen molar-refractivity contribution in [3.05, 3.63) is 246 Å². The van der Waals surface area contributed by atoms with Gasteiger partial charge in [0.15, 0.2) is 11.2 Å². The summed E-state index contributed by atoms with van der Waals surface area (Å²) in [6.45, 7) is 6.52. The number of pyridine rings is 2. The van der Waals surface area contributed by atoms with Gasteiger partial charge < -0.3 is 38.7 Å². The zero-order chi connectivity index (χ0) is 55.9. The minimum absolute atomic E-state index is 0.155. The first-order valence-corrected chi connectivity index (χ1v) is 25.6. The summed E-state index contributed by atoms with van der Waals surface area (Å²) in [4.78, 5) is 34.4. The first-order valence-electron chi connectivity index (χ1n) is 24.9. The van der Waals surface area contributed by atoms with Crippen molar-refractivity contribution in [2.45, 2.75) is 50.1 Å². The van der Waals surface area contributed by atoms with Crippen molar-refractivity contribution in [2.24, 2.45) is 28.2 Å². The third-order valence-electron chi connectivity index (χ3n) is 13.6. The lowest BCUT2D eigenvalue weighted by molar-refractivity contribution is 0.117. The standard InChI is InChI=1S/2C32H28ClN3O3/c2*1-31(2,38)15-14-21-6-5-7-22(16-21)26-18-30(37)36(4)28-13-10-24(17-27(26)28)32(39,29-19-34-20-35(29)3)23-8-11-25(33)12-9-23/h2*5-13,16-20,38-39H,1-4H3. The lowest BCUT2D eigenvalue weighted by Crippen LogP contribution is -2.31. The summed E-state index contributed by atoms with van der Waals surface area (Å²) in [6, 6.07) is 43.7. The Kier molecular flexibility index (Phi) is 14.9. The Labute approximate surface area is 461 Å². The molecule has 0 saturated heterocycles. The lowest BCUT2D eigenvalue weighted by atomic mass is 9.82. The second-order valence-corrected chi connectivity index (χ2v) is 21.2. The Hall–Kier alpha value is -8.30. The molecule has 10 rings (SSSR count). The Morgan fingerprint density at radius 3 is 1.15 bits per heavy atom. The van der Waals surface area contributed by atoms with Crippen molar-refractivity contribution in [3.63, 3.8) is 0 Å². The van der Waals surface area contributed by atoms with Gasteiger partial charge in [-0.2, -0.15) is 0 Å². The predicted molar refractivity (Wildman–Crippen MR) is 309 cm³/mol. The number of rotatable bonds is 8. The van der Waals surface area contributed by atoms with Crippen LogP contribution < -0.4 is 11.1 Å². The van der Waals surface area contributed by atoms with E-state index in [1.54, 1.807) is 146 Å². The summed E-state index contributed by atoms with van der Waals surface area (Å²) < 4.78 is 6.74. The van der Waals surface area contributed by atoms with Crippen LogP contribution in [0.5, 0.6) is 0 Å². The molecule has 0 saturated carbocycles. The molecule has 14 heteroatoms. The van der Waals surface area contributed by atoms with Crippen molar-refractivity contribution in [3.8, 4) is 45.9 Å². The average molecular weight is 1080 g/mol. The van der Waals surface area contributed by atoms with Gasteiger partial charge in [0.25, 0.3) is 11.1 Å². The van der Waals surface area contributed by atoms with Crippen molar-refractivity contribution in [1.29, 1.82) is 0 Å². The van der Waals surface area contributed by atoms with E-state index in [4.69, 9.17) is 23.2 Å². The fourth-order valence-electron chi connectivity index (χ4n) is 9.55. The highest BCUT2D eigenvalue weighted by Gasteiger charge is 2.38. The smallest absolute Gasteiger partial charge is 0.251 e. The van der Waals surface area contributed by atoms with Crippen LogP contribution in [-0.4, -0.2) is 59.9 Å². The van der Waals surface area contributed by atoms with Gasteiger partial charge in [-0.3, -0.25) is 9.59 Å². The second kappa shape index (κ2) is 21.3. The number of fused-ring (bicyclic) bond motifs is 2. The van der Waals surface area contributed by atoms with E-state index < -0.39 is 22.4 Å². The highest BCUT2D eigenvalue weighted by atomic mass is 35.5. The predicted octanol–water partition coefficient (Wildman–Crippen LogP) is 10.00. The first kappa shape index (κ1) is 54.5. The number of nitrogens with zero attached hydrogens (tertiary/aromatic N) is 6. The third-order valence-corrected chi connectivity index (χ3v) is 14.1. The number of aromatic nitrogens is 6. The van der Waals surface area contributed by atoms with Gasteiger partial charge in [-0.25, -0.2) is 9.97 Å². The summed E-state index contributed by atoms with van der Waals surface area (Å²) in [5.41, 5.74) is 3.89. The van der Waals surface area contributed by atoms with Crippen LogP contribution in [0.15, 0.2) is 180 Å². The minimum atomic E-state index is -1.55. The average Bonchev–Trinajstić information content (AvgIpc) is 4.16. The maximum Gasteiger partial charge on any atom is 0.251 e. The van der Waals surface area contributed by atoms with E-state index in [1.165, 1.54) is 0 Å². The Balaban J connectivity index is 0.000000190. The molecule has 0 aliphatic carbocycles. The van der Waals surface area contributed by atoms with Gasteiger partial charge in [-0.15, -0.1) is 0 Å². The van der Waals surface area contributed by atoms with E-state index in [2.05, 4.69) is 33.6 Å². The molecule has 0 aliphatic heterocycles. The third kappa shape index (κ3) is 11.0. The van der Waals surface area contributed by atoms with Gasteiger partial charge >= 0.3 is 0 Å². The van der Waals surface area contributed by atoms with E-state index in [-0.39, 0.29) is 11.1 Å². The lowest BCUT2D eigenvalue weighted by Gasteiger charge is -2.30. The molecule has 392 valence electrons. The number of aryl methyl sites for hydroxylation is 4. The largest absolute Gasteiger partial charge is 0.378 e. The van der Waals surface area contributed by atoms with Crippen LogP contribution in [0, 0.1) is 23.7 Å². The summed E-state index contributed by atoms with van der Waals surface area (Å²) in [5, 5.41) is 47.6. The molecule has 2 unspecified atom stereocenters. The van der Waals surface area contributed by atoms with E-state index in [0.717, 1.165) is 32.9 Å². The highest BCUT2D eigenvalue weighted by molar-refractivity contribution is 6.30. The van der Waals surface area contributed by atoms with Crippen LogP contribution in [0.25, 0.3) is 44.1 Å². The number of hydrogen-bond acceptors (Lipinski definition) is 8. The molecule has 12 nitrogen and oxygen atoms in total. The summed E-state index contributed by atoms with van der Waals surface area (Å²) in [6.07, 6.45) is 6.58. The summed E-state index contributed by atoms with van der Waals surface area (Å²) in [5.74, 6) is 11.7. The summed E-state index contributed by atoms with van der Waals surface area (Å²) >= 11 is 12.3. The fraction of sp³-hybridized carbons (Fsp3) is 0.188. The van der Waals surface area contributed by atoms with Gasteiger partial charge in [0, 0.05) is 72.3 Å². The van der Waals surface area contributed by atoms with E-state index >= 15 is 0 Å². The molecule has 0 fully saturated rings. The van der Waals surface area contributed by atoms with Crippen LogP contribution >= 0.6 is 23.2 Å². The molecule has 0 aliphatic rings. The number of benzene rings is 6. The van der Waals surface area contributed by atoms with Crippen molar-refractivity contribution >= 4 is 45.0 Å². The zero-order valence-corrected chi connectivity index (χ0v) is 45.7. The minimum Gasteiger partial charge on any atom is -0.378 e. The normalized spacial score (nSPS) is 13.1. The van der Waals surface area contributed by atoms with Gasteiger partial charge in [0.2, 0.25) is 0 Å². The maximum atomic E-state index is 13.0. The van der Waals surface area contributed by atoms with Gasteiger partial charge in [-0.1, -0.05) is 108 Å². The number of halogens is 2. The van der Waals surface area contributed by atoms with E-state index in [1.807, 2.05) is 99.0 Å². The van der Waals surface area contributed by atoms with E-state index in [0.29, 0.717) is 65.9 Å². The number of aliphatic hydroxyl groups is 4. The first-order chi connectivity index (χ1) is 36.9. The van der Waals surface area contributed by atoms with Crippen molar-refractivity contribution in [2.75, 3.05) is 0 Å². The molecule has 78 heavy (non-hydrogen) atoms. The van der Waals surface area contributed by atoms with Gasteiger partial charge in [0.1, 0.15) is 11.2 Å². The molecule has 4 heterocycles. The quantitative estimate of drug-likeness (QED) is 0.109. The molecular weight excluding hydrogens is 1020 g/mol. The molecule has 0 radical (unpaired) electrons. The topological polar surface area (TPSA) is 161 Å². The molecule has 4 aromatic heterocycles. The van der Waals surface area contributed by atoms with Crippen LogP contribution in [0.3, 0.4) is 0 Å². The van der Waals surface area contributed by atoms with Crippen molar-refractivity contribution in [1.82, 2.24) is 28.2 Å². The van der Waals surface area contributed by atoms with Crippen LogP contribution in [-0.2, 0) is 39.4 Å². The molecule has 0 spiro atoms. The Bertz CT molecular complexity index is 3910. The van der Waals surface area contributed by atoms with Crippen LogP contribution in [0.4, 0.5) is 0 Å². The van der Waals surface area contributed by atoms with Crippen LogP contribution in [0.1, 0.15) is 72.5 Å². The maximum absolute atomic E-state index is 13.0. The molecule has 4 N–H and O–H groups in total.